The molecule has 0 aromatic rings. The van der Waals surface area contributed by atoms with Crippen LogP contribution in [-0.4, -0.2) is 73.3 Å². The molecule has 2 amide bonds. The molecule has 2 fully saturated rings. The topological polar surface area (TPSA) is 43.9 Å². The number of piperazine rings is 1. The second kappa shape index (κ2) is 7.78. The second-order valence-corrected chi connectivity index (χ2v) is 6.59. The summed E-state index contributed by atoms with van der Waals surface area (Å²) >= 11 is 0. The molecule has 1 saturated heterocycles. The van der Waals surface area contributed by atoms with Crippen LogP contribution in [-0.2, 0) is 9.59 Å². The summed E-state index contributed by atoms with van der Waals surface area (Å²) < 4.78 is 0. The molecule has 1 aliphatic carbocycles. The van der Waals surface area contributed by atoms with Gasteiger partial charge in [-0.25, -0.2) is 0 Å². The van der Waals surface area contributed by atoms with Gasteiger partial charge in [0.2, 0.25) is 11.8 Å². The summed E-state index contributed by atoms with van der Waals surface area (Å²) in [6.07, 6.45) is 6.35. The highest BCUT2D eigenvalue weighted by Crippen LogP contribution is 2.25. The lowest BCUT2D eigenvalue weighted by molar-refractivity contribution is -0.142. The molecule has 0 unspecified atom stereocenters. The van der Waals surface area contributed by atoms with E-state index in [4.69, 9.17) is 0 Å². The Morgan fingerprint density at radius 3 is 2.10 bits per heavy atom. The molecule has 0 aromatic heterocycles. The molecule has 5 heteroatoms. The Kier molecular flexibility index (Phi) is 6.03. The van der Waals surface area contributed by atoms with Crippen molar-refractivity contribution in [1.82, 2.24) is 14.7 Å². The Hall–Kier alpha value is -1.10. The van der Waals surface area contributed by atoms with Crippen molar-refractivity contribution in [2.24, 2.45) is 5.92 Å². The van der Waals surface area contributed by atoms with E-state index in [0.29, 0.717) is 38.5 Å². The van der Waals surface area contributed by atoms with Crippen molar-refractivity contribution < 1.29 is 9.59 Å². The number of nitrogens with zero attached hydrogens (tertiary/aromatic N) is 3. The van der Waals surface area contributed by atoms with Crippen LogP contribution in [0.3, 0.4) is 0 Å². The van der Waals surface area contributed by atoms with E-state index in [1.54, 1.807) is 0 Å². The van der Waals surface area contributed by atoms with E-state index in [0.717, 1.165) is 19.4 Å². The van der Waals surface area contributed by atoms with Gasteiger partial charge in [-0.1, -0.05) is 19.3 Å². The summed E-state index contributed by atoms with van der Waals surface area (Å²) in [6, 6.07) is 0. The molecule has 2 aliphatic rings. The largest absolute Gasteiger partial charge is 0.339 e. The van der Waals surface area contributed by atoms with Crippen molar-refractivity contribution in [3.63, 3.8) is 0 Å². The maximum absolute atomic E-state index is 12.5. The van der Waals surface area contributed by atoms with E-state index in [1.165, 1.54) is 19.3 Å². The standard InChI is InChI=1S/C16H29N3O2/c1-17(2)9-8-15(20)18-10-12-19(13-11-18)16(21)14-6-4-3-5-7-14/h14H,3-13H2,1-2H3. The van der Waals surface area contributed by atoms with Crippen LogP contribution in [0, 0.1) is 5.92 Å². The van der Waals surface area contributed by atoms with Crippen LogP contribution in [0.2, 0.25) is 0 Å². The van der Waals surface area contributed by atoms with Crippen molar-refractivity contribution in [3.05, 3.63) is 0 Å². The molecule has 0 aromatic carbocycles. The van der Waals surface area contributed by atoms with Gasteiger partial charge in [-0.15, -0.1) is 0 Å². The van der Waals surface area contributed by atoms with E-state index in [2.05, 4.69) is 0 Å². The first kappa shape index (κ1) is 16.3. The van der Waals surface area contributed by atoms with Gasteiger partial charge in [-0.3, -0.25) is 9.59 Å². The van der Waals surface area contributed by atoms with Crippen molar-refractivity contribution in [3.8, 4) is 0 Å². The third-order valence-electron chi connectivity index (χ3n) is 4.67. The predicted octanol–water partition coefficient (Wildman–Crippen LogP) is 1.19. The fourth-order valence-electron chi connectivity index (χ4n) is 3.26. The molecule has 120 valence electrons. The number of hydrogen-bond acceptors (Lipinski definition) is 3. The number of rotatable bonds is 4. The van der Waals surface area contributed by atoms with Crippen LogP contribution in [0.5, 0.6) is 0 Å². The molecule has 1 aliphatic heterocycles. The van der Waals surface area contributed by atoms with Gasteiger partial charge in [0.15, 0.2) is 0 Å². The van der Waals surface area contributed by atoms with Gasteiger partial charge in [0, 0.05) is 45.1 Å². The number of hydrogen-bond donors (Lipinski definition) is 0. The zero-order chi connectivity index (χ0) is 15.2. The highest BCUT2D eigenvalue weighted by Gasteiger charge is 2.29. The summed E-state index contributed by atoms with van der Waals surface area (Å²) in [6.45, 7) is 3.61. The molecule has 1 saturated carbocycles. The zero-order valence-electron chi connectivity index (χ0n) is 13.5. The minimum Gasteiger partial charge on any atom is -0.339 e. The van der Waals surface area contributed by atoms with Crippen molar-refractivity contribution >= 4 is 11.8 Å². The Balaban J connectivity index is 1.74. The maximum atomic E-state index is 12.5. The van der Waals surface area contributed by atoms with E-state index < -0.39 is 0 Å². The van der Waals surface area contributed by atoms with Crippen LogP contribution in [0.15, 0.2) is 0 Å². The van der Waals surface area contributed by atoms with Gasteiger partial charge >= 0.3 is 0 Å². The Labute approximate surface area is 128 Å². The third kappa shape index (κ3) is 4.70. The molecule has 2 rings (SSSR count). The maximum Gasteiger partial charge on any atom is 0.225 e. The minimum atomic E-state index is 0.216. The van der Waals surface area contributed by atoms with Gasteiger partial charge in [-0.2, -0.15) is 0 Å². The highest BCUT2D eigenvalue weighted by molar-refractivity contribution is 5.80. The molecule has 0 spiro atoms. The second-order valence-electron chi connectivity index (χ2n) is 6.59. The summed E-state index contributed by atoms with van der Waals surface area (Å²) in [5.41, 5.74) is 0. The monoisotopic (exact) mass is 295 g/mol. The molecule has 0 atom stereocenters. The average Bonchev–Trinajstić information content (AvgIpc) is 2.53. The normalized spacial score (nSPS) is 20.9. The number of amides is 2. The van der Waals surface area contributed by atoms with E-state index in [1.807, 2.05) is 28.8 Å². The molecule has 0 bridgehead atoms. The first-order chi connectivity index (χ1) is 10.1. The Morgan fingerprint density at radius 2 is 1.52 bits per heavy atom. The molecule has 0 N–H and O–H groups in total. The van der Waals surface area contributed by atoms with Gasteiger partial charge in [0.25, 0.3) is 0 Å². The molecule has 21 heavy (non-hydrogen) atoms. The fourth-order valence-corrected chi connectivity index (χ4v) is 3.26. The van der Waals surface area contributed by atoms with Crippen LogP contribution in [0.25, 0.3) is 0 Å². The van der Waals surface area contributed by atoms with Gasteiger partial charge in [0.05, 0.1) is 0 Å². The lowest BCUT2D eigenvalue weighted by Gasteiger charge is -2.37. The summed E-state index contributed by atoms with van der Waals surface area (Å²) in [4.78, 5) is 30.5. The van der Waals surface area contributed by atoms with Crippen LogP contribution < -0.4 is 0 Å². The Bertz CT molecular complexity index is 357. The van der Waals surface area contributed by atoms with Crippen molar-refractivity contribution in [2.75, 3.05) is 46.8 Å². The molecule has 0 radical (unpaired) electrons. The van der Waals surface area contributed by atoms with E-state index in [-0.39, 0.29) is 11.8 Å². The quantitative estimate of drug-likeness (QED) is 0.782. The van der Waals surface area contributed by atoms with E-state index in [9.17, 15) is 9.59 Å². The summed E-state index contributed by atoms with van der Waals surface area (Å²) in [7, 11) is 3.96. The fraction of sp³-hybridized carbons (Fsp3) is 0.875. The molecular weight excluding hydrogens is 266 g/mol. The average molecular weight is 295 g/mol. The predicted molar refractivity (Wildman–Crippen MR) is 82.9 cm³/mol. The van der Waals surface area contributed by atoms with Crippen molar-refractivity contribution in [2.45, 2.75) is 38.5 Å². The zero-order valence-corrected chi connectivity index (χ0v) is 13.5. The van der Waals surface area contributed by atoms with Gasteiger partial charge in [-0.05, 0) is 26.9 Å². The first-order valence-electron chi connectivity index (χ1n) is 8.29. The lowest BCUT2D eigenvalue weighted by Crippen LogP contribution is -2.52. The van der Waals surface area contributed by atoms with Crippen molar-refractivity contribution in [1.29, 1.82) is 0 Å². The van der Waals surface area contributed by atoms with E-state index >= 15 is 0 Å². The van der Waals surface area contributed by atoms with Crippen LogP contribution in [0.4, 0.5) is 0 Å². The van der Waals surface area contributed by atoms with Gasteiger partial charge in [0.1, 0.15) is 0 Å². The first-order valence-corrected chi connectivity index (χ1v) is 8.29. The van der Waals surface area contributed by atoms with Crippen LogP contribution >= 0.6 is 0 Å². The number of carbonyl (C=O) groups is 2. The molecular formula is C16H29N3O2. The highest BCUT2D eigenvalue weighted by atomic mass is 16.2. The van der Waals surface area contributed by atoms with Gasteiger partial charge < -0.3 is 14.7 Å². The lowest BCUT2D eigenvalue weighted by atomic mass is 9.88. The third-order valence-corrected chi connectivity index (χ3v) is 4.67. The Morgan fingerprint density at radius 1 is 0.952 bits per heavy atom. The smallest absolute Gasteiger partial charge is 0.225 e. The summed E-state index contributed by atoms with van der Waals surface area (Å²) in [5, 5.41) is 0. The minimum absolute atomic E-state index is 0.216. The molecule has 5 nitrogen and oxygen atoms in total. The van der Waals surface area contributed by atoms with Crippen LogP contribution in [0.1, 0.15) is 38.5 Å². The SMILES string of the molecule is CN(C)CCC(=O)N1CCN(C(=O)C2CCCCC2)CC1. The number of carbonyl (C=O) groups excluding carboxylic acids is 2. The summed E-state index contributed by atoms with van der Waals surface area (Å²) in [5.74, 6) is 0.790. The molecule has 1 heterocycles.